The van der Waals surface area contributed by atoms with Gasteiger partial charge in [-0.15, -0.1) is 0 Å². The van der Waals surface area contributed by atoms with Crippen molar-refractivity contribution in [1.82, 2.24) is 10.2 Å². The molecule has 0 saturated heterocycles. The molecule has 1 aliphatic rings. The van der Waals surface area contributed by atoms with Crippen molar-refractivity contribution in [2.45, 2.75) is 38.9 Å². The molecule has 0 bridgehead atoms. The number of nitrogens with zero attached hydrogens (tertiary/aromatic N) is 1. The van der Waals surface area contributed by atoms with E-state index in [4.69, 9.17) is 4.42 Å². The molecule has 1 fully saturated rings. The van der Waals surface area contributed by atoms with Crippen LogP contribution in [0.25, 0.3) is 11.0 Å². The van der Waals surface area contributed by atoms with E-state index in [1.807, 2.05) is 6.07 Å². The van der Waals surface area contributed by atoms with Gasteiger partial charge in [-0.1, -0.05) is 25.1 Å². The summed E-state index contributed by atoms with van der Waals surface area (Å²) >= 11 is 0. The van der Waals surface area contributed by atoms with E-state index in [1.165, 1.54) is 23.8 Å². The van der Waals surface area contributed by atoms with Gasteiger partial charge in [0.15, 0.2) is 0 Å². The van der Waals surface area contributed by atoms with Crippen molar-refractivity contribution in [3.63, 3.8) is 0 Å². The lowest BCUT2D eigenvalue weighted by molar-refractivity contribution is 0.312. The zero-order chi connectivity index (χ0) is 13.2. The molecule has 3 heteroatoms. The lowest BCUT2D eigenvalue weighted by Crippen LogP contribution is -2.20. The summed E-state index contributed by atoms with van der Waals surface area (Å²) in [4.78, 5) is 2.28. The summed E-state index contributed by atoms with van der Waals surface area (Å²) in [6, 6.07) is 9.08. The van der Waals surface area contributed by atoms with E-state index in [-0.39, 0.29) is 0 Å². The van der Waals surface area contributed by atoms with Gasteiger partial charge in [-0.25, -0.2) is 0 Å². The average Bonchev–Trinajstić information content (AvgIpc) is 3.19. The molecule has 1 aromatic carbocycles. The third kappa shape index (κ3) is 2.82. The summed E-state index contributed by atoms with van der Waals surface area (Å²) in [6.07, 6.45) is 2.64. The third-order valence-corrected chi connectivity index (χ3v) is 3.88. The number of hydrogen-bond donors (Lipinski definition) is 1. The highest BCUT2D eigenvalue weighted by atomic mass is 16.3. The molecule has 2 aromatic rings. The van der Waals surface area contributed by atoms with Crippen LogP contribution < -0.4 is 5.32 Å². The number of rotatable bonds is 6. The molecule has 0 amide bonds. The fourth-order valence-electron chi connectivity index (χ4n) is 2.36. The molecule has 3 nitrogen and oxygen atoms in total. The minimum Gasteiger partial charge on any atom is -0.459 e. The number of furan rings is 1. The van der Waals surface area contributed by atoms with E-state index in [9.17, 15) is 0 Å². The Labute approximate surface area is 114 Å². The molecular weight excluding hydrogens is 236 g/mol. The van der Waals surface area contributed by atoms with Crippen LogP contribution in [0.15, 0.2) is 28.7 Å². The van der Waals surface area contributed by atoms with Gasteiger partial charge in [-0.05, 0) is 32.5 Å². The molecule has 1 saturated carbocycles. The largest absolute Gasteiger partial charge is 0.459 e. The molecule has 102 valence electrons. The highest BCUT2D eigenvalue weighted by molar-refractivity contribution is 5.82. The summed E-state index contributed by atoms with van der Waals surface area (Å²) in [5, 5.41) is 4.86. The van der Waals surface area contributed by atoms with Crippen LogP contribution in [-0.2, 0) is 13.1 Å². The summed E-state index contributed by atoms with van der Waals surface area (Å²) < 4.78 is 6.04. The van der Waals surface area contributed by atoms with E-state index in [2.05, 4.69) is 42.4 Å². The molecule has 0 atom stereocenters. The number of benzene rings is 1. The zero-order valence-electron chi connectivity index (χ0n) is 11.8. The third-order valence-electron chi connectivity index (χ3n) is 3.88. The fourth-order valence-corrected chi connectivity index (χ4v) is 2.36. The van der Waals surface area contributed by atoms with Crippen LogP contribution in [0.2, 0.25) is 0 Å². The second-order valence-corrected chi connectivity index (χ2v) is 5.49. The van der Waals surface area contributed by atoms with E-state index in [0.29, 0.717) is 0 Å². The standard InChI is InChI=1S/C16H22N2O/c1-3-18(2)11-16-14(10-17-12-8-9-12)13-6-4-5-7-15(13)19-16/h4-7,12,17H,3,8-11H2,1-2H3. The maximum atomic E-state index is 6.04. The molecule has 0 aliphatic heterocycles. The highest BCUT2D eigenvalue weighted by Crippen LogP contribution is 2.28. The molecule has 19 heavy (non-hydrogen) atoms. The summed E-state index contributed by atoms with van der Waals surface area (Å²) in [5.74, 6) is 1.11. The topological polar surface area (TPSA) is 28.4 Å². The first-order valence-electron chi connectivity index (χ1n) is 7.19. The maximum absolute atomic E-state index is 6.04. The van der Waals surface area contributed by atoms with Gasteiger partial charge in [-0.2, -0.15) is 0 Å². The molecule has 0 unspecified atom stereocenters. The average molecular weight is 258 g/mol. The van der Waals surface area contributed by atoms with Crippen LogP contribution in [-0.4, -0.2) is 24.5 Å². The van der Waals surface area contributed by atoms with Gasteiger partial charge in [-0.3, -0.25) is 4.90 Å². The number of para-hydroxylation sites is 1. The van der Waals surface area contributed by atoms with E-state index >= 15 is 0 Å². The van der Waals surface area contributed by atoms with Crippen LogP contribution in [0.1, 0.15) is 31.1 Å². The Morgan fingerprint density at radius 3 is 2.84 bits per heavy atom. The minimum atomic E-state index is 0.727. The van der Waals surface area contributed by atoms with Gasteiger partial charge in [0, 0.05) is 23.5 Å². The van der Waals surface area contributed by atoms with Crippen molar-refractivity contribution < 1.29 is 4.42 Å². The Balaban J connectivity index is 1.90. The first kappa shape index (κ1) is 12.7. The Kier molecular flexibility index (Phi) is 3.58. The van der Waals surface area contributed by atoms with Gasteiger partial charge >= 0.3 is 0 Å². The van der Waals surface area contributed by atoms with Gasteiger partial charge < -0.3 is 9.73 Å². The van der Waals surface area contributed by atoms with E-state index < -0.39 is 0 Å². The lowest BCUT2D eigenvalue weighted by atomic mass is 10.1. The van der Waals surface area contributed by atoms with Gasteiger partial charge in [0.05, 0.1) is 6.54 Å². The Bertz CT molecular complexity index is 557. The Morgan fingerprint density at radius 1 is 1.32 bits per heavy atom. The van der Waals surface area contributed by atoms with Crippen molar-refractivity contribution in [1.29, 1.82) is 0 Å². The number of nitrogens with one attached hydrogen (secondary N) is 1. The zero-order valence-corrected chi connectivity index (χ0v) is 11.8. The van der Waals surface area contributed by atoms with Gasteiger partial charge in [0.25, 0.3) is 0 Å². The van der Waals surface area contributed by atoms with Crippen LogP contribution in [0.5, 0.6) is 0 Å². The van der Waals surface area contributed by atoms with Crippen molar-refractivity contribution >= 4 is 11.0 Å². The second-order valence-electron chi connectivity index (χ2n) is 5.49. The van der Waals surface area contributed by atoms with E-state index in [1.54, 1.807) is 0 Å². The van der Waals surface area contributed by atoms with Crippen LogP contribution >= 0.6 is 0 Å². The van der Waals surface area contributed by atoms with Crippen molar-refractivity contribution in [2.24, 2.45) is 0 Å². The SMILES string of the molecule is CCN(C)Cc1oc2ccccc2c1CNC1CC1. The van der Waals surface area contributed by atoms with Crippen LogP contribution in [0.3, 0.4) is 0 Å². The van der Waals surface area contributed by atoms with Crippen molar-refractivity contribution in [2.75, 3.05) is 13.6 Å². The fraction of sp³-hybridized carbons (Fsp3) is 0.500. The maximum Gasteiger partial charge on any atom is 0.134 e. The summed E-state index contributed by atoms with van der Waals surface area (Å²) in [5.41, 5.74) is 2.34. The van der Waals surface area contributed by atoms with Crippen molar-refractivity contribution in [3.8, 4) is 0 Å². The van der Waals surface area contributed by atoms with E-state index in [0.717, 1.165) is 37.0 Å². The van der Waals surface area contributed by atoms with Gasteiger partial charge in [0.1, 0.15) is 11.3 Å². The molecule has 0 spiro atoms. The van der Waals surface area contributed by atoms with Gasteiger partial charge in [0.2, 0.25) is 0 Å². The molecule has 1 heterocycles. The molecule has 1 aliphatic carbocycles. The van der Waals surface area contributed by atoms with Crippen LogP contribution in [0, 0.1) is 0 Å². The summed E-state index contributed by atoms with van der Waals surface area (Å²) in [6.45, 7) is 5.01. The Hall–Kier alpha value is -1.32. The van der Waals surface area contributed by atoms with Crippen molar-refractivity contribution in [3.05, 3.63) is 35.6 Å². The predicted molar refractivity (Wildman–Crippen MR) is 78.1 cm³/mol. The summed E-state index contributed by atoms with van der Waals surface area (Å²) in [7, 11) is 2.13. The first-order valence-corrected chi connectivity index (χ1v) is 7.19. The first-order chi connectivity index (χ1) is 9.28. The number of hydrogen-bond acceptors (Lipinski definition) is 3. The smallest absolute Gasteiger partial charge is 0.134 e. The normalized spacial score (nSPS) is 15.5. The molecule has 1 aromatic heterocycles. The quantitative estimate of drug-likeness (QED) is 0.863. The minimum absolute atomic E-state index is 0.727. The molecule has 3 rings (SSSR count). The molecule has 0 radical (unpaired) electrons. The highest BCUT2D eigenvalue weighted by Gasteiger charge is 2.22. The predicted octanol–water partition coefficient (Wildman–Crippen LogP) is 3.14. The van der Waals surface area contributed by atoms with Crippen LogP contribution in [0.4, 0.5) is 0 Å². The monoisotopic (exact) mass is 258 g/mol. The molecular formula is C16H22N2O. The number of fused-ring (bicyclic) bond motifs is 1. The Morgan fingerprint density at radius 2 is 2.11 bits per heavy atom. The molecule has 1 N–H and O–H groups in total. The second kappa shape index (κ2) is 5.35. The lowest BCUT2D eigenvalue weighted by Gasteiger charge is -2.13.